The first-order chi connectivity index (χ1) is 18.3. The second-order valence-corrected chi connectivity index (χ2v) is 9.78. The fraction of sp³-hybridized carbons (Fsp3) is 0.321. The van der Waals surface area contributed by atoms with Gasteiger partial charge in [0, 0.05) is 12.1 Å². The number of nitro benzene ring substituents is 1. The van der Waals surface area contributed by atoms with E-state index in [0.717, 1.165) is 24.8 Å². The average Bonchev–Trinajstić information content (AvgIpc) is 3.20. The van der Waals surface area contributed by atoms with Crippen LogP contribution in [0.4, 0.5) is 5.69 Å². The van der Waals surface area contributed by atoms with Crippen LogP contribution in [0.5, 0.6) is 5.75 Å². The summed E-state index contributed by atoms with van der Waals surface area (Å²) in [6, 6.07) is 12.6. The number of esters is 1. The Bertz CT molecular complexity index is 1540. The van der Waals surface area contributed by atoms with Crippen molar-refractivity contribution in [2.75, 3.05) is 13.2 Å². The van der Waals surface area contributed by atoms with Crippen LogP contribution in [0.1, 0.15) is 57.2 Å². The minimum Gasteiger partial charge on any atom is -0.494 e. The number of nitrogens with zero attached hydrogens (tertiary/aromatic N) is 3. The zero-order valence-electron chi connectivity index (χ0n) is 21.5. The van der Waals surface area contributed by atoms with Crippen molar-refractivity contribution in [2.45, 2.75) is 46.1 Å². The highest BCUT2D eigenvalue weighted by molar-refractivity contribution is 7.07. The van der Waals surface area contributed by atoms with E-state index in [1.54, 1.807) is 32.1 Å². The number of non-ortho nitro benzene ring substituents is 1. The maximum absolute atomic E-state index is 13.7. The molecule has 10 heteroatoms. The smallest absolute Gasteiger partial charge is 0.338 e. The van der Waals surface area contributed by atoms with Gasteiger partial charge in [-0.2, -0.15) is 0 Å². The number of hydrogen-bond acceptors (Lipinski definition) is 8. The van der Waals surface area contributed by atoms with Crippen LogP contribution in [0.15, 0.2) is 69.6 Å². The molecule has 0 saturated heterocycles. The largest absolute Gasteiger partial charge is 0.494 e. The second-order valence-electron chi connectivity index (χ2n) is 8.78. The molecule has 0 amide bonds. The first-order valence-corrected chi connectivity index (χ1v) is 13.3. The second kappa shape index (κ2) is 12.0. The summed E-state index contributed by atoms with van der Waals surface area (Å²) in [5, 5.41) is 11.0. The van der Waals surface area contributed by atoms with Gasteiger partial charge in [0.1, 0.15) is 5.75 Å². The number of carbonyl (C=O) groups excluding carboxylic acids is 1. The molecule has 4 rings (SSSR count). The van der Waals surface area contributed by atoms with Gasteiger partial charge in [0.25, 0.3) is 11.2 Å². The van der Waals surface area contributed by atoms with Crippen molar-refractivity contribution < 1.29 is 19.2 Å². The van der Waals surface area contributed by atoms with Gasteiger partial charge in [-0.15, -0.1) is 0 Å². The molecular formula is C28H29N3O6S. The van der Waals surface area contributed by atoms with Crippen molar-refractivity contribution in [1.29, 1.82) is 0 Å². The molecule has 0 aliphatic carbocycles. The third-order valence-corrected chi connectivity index (χ3v) is 7.11. The molecule has 198 valence electrons. The number of fused-ring (bicyclic) bond motifs is 1. The number of benzene rings is 2. The molecule has 1 aromatic heterocycles. The van der Waals surface area contributed by atoms with Gasteiger partial charge in [-0.05, 0) is 61.7 Å². The molecule has 1 aliphatic rings. The summed E-state index contributed by atoms with van der Waals surface area (Å²) >= 11 is 1.20. The lowest BCUT2D eigenvalue weighted by atomic mass is 9.96. The molecule has 2 heterocycles. The van der Waals surface area contributed by atoms with E-state index in [4.69, 9.17) is 9.47 Å². The number of thiazole rings is 1. The highest BCUT2D eigenvalue weighted by Gasteiger charge is 2.33. The zero-order valence-corrected chi connectivity index (χ0v) is 22.3. The Kier molecular flexibility index (Phi) is 8.52. The summed E-state index contributed by atoms with van der Waals surface area (Å²) in [4.78, 5) is 42.2. The van der Waals surface area contributed by atoms with E-state index < -0.39 is 16.9 Å². The summed E-state index contributed by atoms with van der Waals surface area (Å²) in [6.45, 7) is 6.42. The van der Waals surface area contributed by atoms with Crippen LogP contribution in [-0.4, -0.2) is 28.7 Å². The molecule has 1 atom stereocenters. The van der Waals surface area contributed by atoms with Crippen molar-refractivity contribution >= 4 is 29.1 Å². The van der Waals surface area contributed by atoms with E-state index in [1.165, 1.54) is 28.0 Å². The SMILES string of the molecule is CCCCCOc1ccc(C2C(C(=O)OCC)=C(C)N=c3s/c(=C\c4ccc([N+](=O)[O-])cc4)c(=O)n32)cc1. The lowest BCUT2D eigenvalue weighted by molar-refractivity contribution is -0.384. The van der Waals surface area contributed by atoms with Crippen LogP contribution in [0.2, 0.25) is 0 Å². The van der Waals surface area contributed by atoms with Crippen LogP contribution >= 0.6 is 11.3 Å². The van der Waals surface area contributed by atoms with Crippen LogP contribution in [-0.2, 0) is 9.53 Å². The Hall–Kier alpha value is -4.05. The topological polar surface area (TPSA) is 113 Å². The molecule has 0 N–H and O–H groups in total. The number of rotatable bonds is 10. The maximum Gasteiger partial charge on any atom is 0.338 e. The summed E-state index contributed by atoms with van der Waals surface area (Å²) in [5.74, 6) is 0.192. The fourth-order valence-electron chi connectivity index (χ4n) is 4.24. The predicted octanol–water partition coefficient (Wildman–Crippen LogP) is 4.28. The van der Waals surface area contributed by atoms with Crippen LogP contribution in [0, 0.1) is 10.1 Å². The number of ether oxygens (including phenoxy) is 2. The van der Waals surface area contributed by atoms with Crippen molar-refractivity contribution in [1.82, 2.24) is 4.57 Å². The Morgan fingerprint density at radius 3 is 2.47 bits per heavy atom. The number of allylic oxidation sites excluding steroid dienone is 1. The highest BCUT2D eigenvalue weighted by atomic mass is 32.1. The van der Waals surface area contributed by atoms with E-state index in [-0.39, 0.29) is 17.9 Å². The quantitative estimate of drug-likeness (QED) is 0.166. The van der Waals surface area contributed by atoms with Gasteiger partial charge in [0.15, 0.2) is 4.80 Å². The fourth-order valence-corrected chi connectivity index (χ4v) is 5.29. The number of nitro groups is 1. The van der Waals surface area contributed by atoms with Crippen LogP contribution < -0.4 is 19.6 Å². The monoisotopic (exact) mass is 535 g/mol. The third-order valence-electron chi connectivity index (χ3n) is 6.13. The Morgan fingerprint density at radius 1 is 1.13 bits per heavy atom. The van der Waals surface area contributed by atoms with E-state index in [2.05, 4.69) is 11.9 Å². The maximum atomic E-state index is 13.7. The minimum absolute atomic E-state index is 0.0314. The van der Waals surface area contributed by atoms with Gasteiger partial charge in [-0.3, -0.25) is 19.5 Å². The molecule has 1 aliphatic heterocycles. The van der Waals surface area contributed by atoms with Crippen LogP contribution in [0.25, 0.3) is 6.08 Å². The van der Waals surface area contributed by atoms with Gasteiger partial charge >= 0.3 is 5.97 Å². The van der Waals surface area contributed by atoms with Gasteiger partial charge in [-0.25, -0.2) is 9.79 Å². The first kappa shape index (κ1) is 27.0. The molecule has 0 spiro atoms. The molecule has 1 unspecified atom stereocenters. The molecular weight excluding hydrogens is 506 g/mol. The lowest BCUT2D eigenvalue weighted by Crippen LogP contribution is -2.39. The van der Waals surface area contributed by atoms with E-state index in [0.29, 0.717) is 38.5 Å². The number of aromatic nitrogens is 1. The third kappa shape index (κ3) is 5.75. The minimum atomic E-state index is -0.724. The van der Waals surface area contributed by atoms with Gasteiger partial charge < -0.3 is 9.47 Å². The van der Waals surface area contributed by atoms with E-state index >= 15 is 0 Å². The van der Waals surface area contributed by atoms with E-state index in [9.17, 15) is 19.7 Å². The number of unbranched alkanes of at least 4 members (excludes halogenated alkanes) is 2. The summed E-state index contributed by atoms with van der Waals surface area (Å²) in [5.41, 5.74) is 1.81. The van der Waals surface area contributed by atoms with E-state index in [1.807, 2.05) is 24.3 Å². The summed E-state index contributed by atoms with van der Waals surface area (Å²) < 4.78 is 13.1. The molecule has 0 saturated carbocycles. The molecule has 0 radical (unpaired) electrons. The van der Waals surface area contributed by atoms with Crippen molar-refractivity contribution in [2.24, 2.45) is 4.99 Å². The zero-order chi connectivity index (χ0) is 27.2. The Balaban J connectivity index is 1.78. The van der Waals surface area contributed by atoms with Crippen LogP contribution in [0.3, 0.4) is 0 Å². The standard InChI is InChI=1S/C28H29N3O6S/c1-4-6-7-16-37-22-14-10-20(11-15-22)25-24(27(33)36-5-2)18(3)29-28-30(25)26(32)23(38-28)17-19-8-12-21(13-9-19)31(34)35/h8-15,17,25H,4-7,16H2,1-3H3/b23-17-. The molecule has 0 bridgehead atoms. The van der Waals surface area contributed by atoms with Gasteiger partial charge in [-0.1, -0.05) is 43.2 Å². The molecule has 9 nitrogen and oxygen atoms in total. The average molecular weight is 536 g/mol. The summed E-state index contributed by atoms with van der Waals surface area (Å²) in [7, 11) is 0. The predicted molar refractivity (Wildman–Crippen MR) is 145 cm³/mol. The Labute approximate surface area is 223 Å². The molecule has 38 heavy (non-hydrogen) atoms. The van der Waals surface area contributed by atoms with Crippen molar-refractivity contribution in [3.05, 3.63) is 101 Å². The number of carbonyl (C=O) groups is 1. The first-order valence-electron chi connectivity index (χ1n) is 12.5. The van der Waals surface area contributed by atoms with Gasteiger partial charge in [0.05, 0.1) is 40.0 Å². The Morgan fingerprint density at radius 2 is 1.84 bits per heavy atom. The summed E-state index contributed by atoms with van der Waals surface area (Å²) in [6.07, 6.45) is 4.85. The van der Waals surface area contributed by atoms with Crippen molar-refractivity contribution in [3.8, 4) is 5.75 Å². The lowest BCUT2D eigenvalue weighted by Gasteiger charge is -2.24. The van der Waals surface area contributed by atoms with Crippen molar-refractivity contribution in [3.63, 3.8) is 0 Å². The molecule has 2 aromatic carbocycles. The van der Waals surface area contributed by atoms with Gasteiger partial charge in [0.2, 0.25) is 0 Å². The normalized spacial score (nSPS) is 15.1. The molecule has 0 fully saturated rings. The highest BCUT2D eigenvalue weighted by Crippen LogP contribution is 2.31. The molecule has 3 aromatic rings. The number of hydrogen-bond donors (Lipinski definition) is 0.